The van der Waals surface area contributed by atoms with Crippen LogP contribution >= 0.6 is 11.6 Å². The molecule has 0 heterocycles. The molecule has 0 atom stereocenters. The Morgan fingerprint density at radius 3 is 2.43 bits per heavy atom. The first-order valence-corrected chi connectivity index (χ1v) is 5.72. The van der Waals surface area contributed by atoms with Crippen LogP contribution in [-0.4, -0.2) is 5.88 Å². The van der Waals surface area contributed by atoms with E-state index in [1.807, 2.05) is 0 Å². The summed E-state index contributed by atoms with van der Waals surface area (Å²) in [6.07, 6.45) is 8.94. The molecule has 0 aliphatic carbocycles. The van der Waals surface area contributed by atoms with Gasteiger partial charge in [0.15, 0.2) is 0 Å². The zero-order chi connectivity index (χ0) is 10.1. The van der Waals surface area contributed by atoms with Gasteiger partial charge < -0.3 is 0 Å². The van der Waals surface area contributed by atoms with Gasteiger partial charge in [0.2, 0.25) is 0 Å². The molecule has 14 heavy (non-hydrogen) atoms. The third-order valence-corrected chi connectivity index (χ3v) is 2.34. The summed E-state index contributed by atoms with van der Waals surface area (Å²) in [6, 6.07) is 10.6. The van der Waals surface area contributed by atoms with Gasteiger partial charge in [0.1, 0.15) is 0 Å². The Kier molecular flexibility index (Phi) is 6.18. The van der Waals surface area contributed by atoms with Gasteiger partial charge in [-0.05, 0) is 31.2 Å². The van der Waals surface area contributed by atoms with Crippen molar-refractivity contribution in [2.75, 3.05) is 5.88 Å². The molecule has 0 aliphatic rings. The molecule has 0 amide bonds. The van der Waals surface area contributed by atoms with Crippen LogP contribution in [0.3, 0.4) is 0 Å². The number of rotatable bonds is 6. The first kappa shape index (κ1) is 11.3. The normalized spacial score (nSPS) is 10.9. The van der Waals surface area contributed by atoms with Gasteiger partial charge in [0.05, 0.1) is 0 Å². The maximum absolute atomic E-state index is 5.56. The van der Waals surface area contributed by atoms with E-state index in [1.165, 1.54) is 18.4 Å². The molecule has 0 aromatic heterocycles. The van der Waals surface area contributed by atoms with Gasteiger partial charge in [-0.15, -0.1) is 11.6 Å². The average molecular weight is 209 g/mol. The summed E-state index contributed by atoms with van der Waals surface area (Å²) >= 11 is 5.56. The number of aryl methyl sites for hydroxylation is 1. The summed E-state index contributed by atoms with van der Waals surface area (Å²) in [5.41, 5.74) is 1.43. The lowest BCUT2D eigenvalue weighted by atomic mass is 10.1. The lowest BCUT2D eigenvalue weighted by Crippen LogP contribution is -1.82. The number of unbranched alkanes of at least 4 members (excludes halogenated alkanes) is 1. The fourth-order valence-electron chi connectivity index (χ4n) is 1.37. The SMILES string of the molecule is ClCCC=CCCCc1ccccc1. The molecule has 0 saturated carbocycles. The highest BCUT2D eigenvalue weighted by Gasteiger charge is 1.89. The van der Waals surface area contributed by atoms with Crippen LogP contribution in [0, 0.1) is 0 Å². The number of halogens is 1. The number of benzene rings is 1. The van der Waals surface area contributed by atoms with Crippen molar-refractivity contribution in [3.63, 3.8) is 0 Å². The molecule has 1 aromatic carbocycles. The van der Waals surface area contributed by atoms with Crippen molar-refractivity contribution in [1.29, 1.82) is 0 Å². The monoisotopic (exact) mass is 208 g/mol. The molecule has 0 radical (unpaired) electrons. The first-order chi connectivity index (χ1) is 6.93. The minimum atomic E-state index is 0.731. The van der Waals surface area contributed by atoms with Gasteiger partial charge in [-0.1, -0.05) is 42.5 Å². The molecule has 1 heteroatoms. The van der Waals surface area contributed by atoms with Crippen molar-refractivity contribution in [2.24, 2.45) is 0 Å². The van der Waals surface area contributed by atoms with E-state index in [-0.39, 0.29) is 0 Å². The largest absolute Gasteiger partial charge is 0.126 e. The molecular formula is C13H17Cl. The van der Waals surface area contributed by atoms with Crippen molar-refractivity contribution in [1.82, 2.24) is 0 Å². The second kappa shape index (κ2) is 7.64. The summed E-state index contributed by atoms with van der Waals surface area (Å²) in [5, 5.41) is 0. The third kappa shape index (κ3) is 5.08. The molecule has 0 unspecified atom stereocenters. The Bertz CT molecular complexity index is 251. The van der Waals surface area contributed by atoms with Crippen LogP contribution in [0.15, 0.2) is 42.5 Å². The minimum absolute atomic E-state index is 0.731. The fraction of sp³-hybridized carbons (Fsp3) is 0.385. The van der Waals surface area contributed by atoms with Crippen LogP contribution in [0.4, 0.5) is 0 Å². The predicted molar refractivity (Wildman–Crippen MR) is 63.9 cm³/mol. The number of allylic oxidation sites excluding steroid dienone is 2. The van der Waals surface area contributed by atoms with Crippen molar-refractivity contribution in [2.45, 2.75) is 25.7 Å². The van der Waals surface area contributed by atoms with E-state index < -0.39 is 0 Å². The standard InChI is InChI=1S/C13H17Cl/c14-12-8-3-1-2-5-9-13-10-6-4-7-11-13/h1,3-4,6-7,10-11H,2,5,8-9,12H2. The topological polar surface area (TPSA) is 0 Å². The van der Waals surface area contributed by atoms with E-state index in [0.29, 0.717) is 0 Å². The van der Waals surface area contributed by atoms with Crippen LogP contribution in [0.2, 0.25) is 0 Å². The molecule has 1 aromatic rings. The van der Waals surface area contributed by atoms with Crippen molar-refractivity contribution in [3.05, 3.63) is 48.0 Å². The van der Waals surface area contributed by atoms with Crippen molar-refractivity contribution < 1.29 is 0 Å². The maximum Gasteiger partial charge on any atom is 0.0257 e. The van der Waals surface area contributed by atoms with Crippen LogP contribution in [0.5, 0.6) is 0 Å². The summed E-state index contributed by atoms with van der Waals surface area (Å²) in [4.78, 5) is 0. The Labute approximate surface area is 91.6 Å². The summed E-state index contributed by atoms with van der Waals surface area (Å²) < 4.78 is 0. The molecular weight excluding hydrogens is 192 g/mol. The lowest BCUT2D eigenvalue weighted by molar-refractivity contribution is 0.840. The number of hydrogen-bond acceptors (Lipinski definition) is 0. The van der Waals surface area contributed by atoms with E-state index in [9.17, 15) is 0 Å². The summed E-state index contributed by atoms with van der Waals surface area (Å²) in [6.45, 7) is 0. The molecule has 0 bridgehead atoms. The number of alkyl halides is 1. The van der Waals surface area contributed by atoms with Crippen LogP contribution in [0.25, 0.3) is 0 Å². The number of hydrogen-bond donors (Lipinski definition) is 0. The van der Waals surface area contributed by atoms with Gasteiger partial charge >= 0.3 is 0 Å². The fourth-order valence-corrected chi connectivity index (χ4v) is 1.49. The first-order valence-electron chi connectivity index (χ1n) is 5.18. The molecule has 0 nitrogen and oxygen atoms in total. The van der Waals surface area contributed by atoms with E-state index in [0.717, 1.165) is 18.7 Å². The highest BCUT2D eigenvalue weighted by Crippen LogP contribution is 2.05. The van der Waals surface area contributed by atoms with E-state index in [2.05, 4.69) is 42.5 Å². The van der Waals surface area contributed by atoms with Gasteiger partial charge in [0, 0.05) is 5.88 Å². The van der Waals surface area contributed by atoms with E-state index in [4.69, 9.17) is 11.6 Å². The highest BCUT2D eigenvalue weighted by atomic mass is 35.5. The zero-order valence-electron chi connectivity index (χ0n) is 8.45. The average Bonchev–Trinajstić information content (AvgIpc) is 2.25. The van der Waals surface area contributed by atoms with Crippen molar-refractivity contribution in [3.8, 4) is 0 Å². The Morgan fingerprint density at radius 1 is 1.00 bits per heavy atom. The van der Waals surface area contributed by atoms with Gasteiger partial charge in [-0.2, -0.15) is 0 Å². The Hall–Kier alpha value is -0.750. The van der Waals surface area contributed by atoms with Crippen LogP contribution in [0.1, 0.15) is 24.8 Å². The van der Waals surface area contributed by atoms with Gasteiger partial charge in [-0.25, -0.2) is 0 Å². The molecule has 0 spiro atoms. The highest BCUT2D eigenvalue weighted by molar-refractivity contribution is 6.17. The second-order valence-corrected chi connectivity index (χ2v) is 3.70. The van der Waals surface area contributed by atoms with Crippen molar-refractivity contribution >= 4 is 11.6 Å². The molecule has 0 N–H and O–H groups in total. The smallest absolute Gasteiger partial charge is 0.0257 e. The predicted octanol–water partition coefficient (Wildman–Crippen LogP) is 4.19. The minimum Gasteiger partial charge on any atom is -0.126 e. The Balaban J connectivity index is 2.10. The summed E-state index contributed by atoms with van der Waals surface area (Å²) in [7, 11) is 0. The maximum atomic E-state index is 5.56. The van der Waals surface area contributed by atoms with E-state index >= 15 is 0 Å². The van der Waals surface area contributed by atoms with Gasteiger partial charge in [-0.3, -0.25) is 0 Å². The lowest BCUT2D eigenvalue weighted by Gasteiger charge is -1.97. The van der Waals surface area contributed by atoms with Gasteiger partial charge in [0.25, 0.3) is 0 Å². The quantitative estimate of drug-likeness (QED) is 0.374. The van der Waals surface area contributed by atoms with Crippen LogP contribution < -0.4 is 0 Å². The summed E-state index contributed by atoms with van der Waals surface area (Å²) in [5.74, 6) is 0.731. The second-order valence-electron chi connectivity index (χ2n) is 3.33. The van der Waals surface area contributed by atoms with Crippen LogP contribution in [-0.2, 0) is 6.42 Å². The molecule has 1 rings (SSSR count). The molecule has 0 saturated heterocycles. The Morgan fingerprint density at radius 2 is 1.71 bits per heavy atom. The zero-order valence-corrected chi connectivity index (χ0v) is 9.21. The van der Waals surface area contributed by atoms with E-state index in [1.54, 1.807) is 0 Å². The molecule has 0 aliphatic heterocycles. The molecule has 0 fully saturated rings. The molecule has 76 valence electrons. The third-order valence-electron chi connectivity index (χ3n) is 2.12.